The molecule has 2 amide bonds. The largest absolute Gasteiger partial charge is 0.497 e. The molecular weight excluding hydrogens is 562 g/mol. The molecule has 0 saturated carbocycles. The number of hydrogen-bond acceptors (Lipinski definition) is 5. The van der Waals surface area contributed by atoms with E-state index in [-0.39, 0.29) is 29.0 Å². The van der Waals surface area contributed by atoms with Crippen molar-refractivity contribution in [1.82, 2.24) is 10.2 Å². The first-order chi connectivity index (χ1) is 19.5. The quantitative estimate of drug-likeness (QED) is 0.283. The summed E-state index contributed by atoms with van der Waals surface area (Å²) in [6.07, 6.45) is 0.341. The molecule has 0 heterocycles. The molecule has 0 bridgehead atoms. The van der Waals surface area contributed by atoms with Crippen molar-refractivity contribution in [3.05, 3.63) is 88.9 Å². The van der Waals surface area contributed by atoms with Gasteiger partial charge in [0.05, 0.1) is 17.7 Å². The highest BCUT2D eigenvalue weighted by Gasteiger charge is 2.34. The molecule has 0 aliphatic heterocycles. The number of hydrogen-bond donors (Lipinski definition) is 1. The van der Waals surface area contributed by atoms with Crippen LogP contribution in [0.3, 0.4) is 0 Å². The highest BCUT2D eigenvalue weighted by Crippen LogP contribution is 2.31. The van der Waals surface area contributed by atoms with Gasteiger partial charge in [-0.25, -0.2) is 8.42 Å². The minimum absolute atomic E-state index is 0.0376. The molecule has 0 saturated heterocycles. The summed E-state index contributed by atoms with van der Waals surface area (Å²) in [6, 6.07) is 19.2. The predicted molar refractivity (Wildman–Crippen MR) is 163 cm³/mol. The number of amides is 2. The van der Waals surface area contributed by atoms with Crippen LogP contribution in [0.25, 0.3) is 0 Å². The van der Waals surface area contributed by atoms with Crippen molar-refractivity contribution >= 4 is 39.1 Å². The summed E-state index contributed by atoms with van der Waals surface area (Å²) in [5.74, 6) is 0.0649. The Balaban J connectivity index is 2.07. The third-order valence-corrected chi connectivity index (χ3v) is 8.88. The molecule has 0 aliphatic rings. The maximum atomic E-state index is 14.2. The van der Waals surface area contributed by atoms with Crippen molar-refractivity contribution in [3.63, 3.8) is 0 Å². The van der Waals surface area contributed by atoms with Crippen molar-refractivity contribution < 1.29 is 22.7 Å². The molecule has 8 nitrogen and oxygen atoms in total. The van der Waals surface area contributed by atoms with E-state index in [0.717, 1.165) is 9.87 Å². The highest BCUT2D eigenvalue weighted by atomic mass is 35.5. The van der Waals surface area contributed by atoms with E-state index in [0.29, 0.717) is 29.3 Å². The van der Waals surface area contributed by atoms with Crippen LogP contribution in [0.5, 0.6) is 5.75 Å². The summed E-state index contributed by atoms with van der Waals surface area (Å²) in [5.41, 5.74) is 1.58. The number of rotatable bonds is 13. The number of benzene rings is 3. The number of methoxy groups -OCH3 is 1. The third kappa shape index (κ3) is 8.01. The number of anilines is 1. The lowest BCUT2D eigenvalue weighted by Crippen LogP contribution is -2.52. The Morgan fingerprint density at radius 1 is 0.976 bits per heavy atom. The zero-order chi connectivity index (χ0) is 30.2. The normalized spacial score (nSPS) is 12.1. The van der Waals surface area contributed by atoms with Gasteiger partial charge in [-0.15, -0.1) is 0 Å². The molecule has 1 N–H and O–H groups in total. The van der Waals surface area contributed by atoms with Gasteiger partial charge in [0.25, 0.3) is 10.0 Å². The second-order valence-electron chi connectivity index (χ2n) is 10.1. The van der Waals surface area contributed by atoms with Crippen molar-refractivity contribution in [1.29, 1.82) is 0 Å². The van der Waals surface area contributed by atoms with E-state index in [1.54, 1.807) is 62.6 Å². The Morgan fingerprint density at radius 2 is 1.63 bits per heavy atom. The maximum Gasteiger partial charge on any atom is 0.264 e. The van der Waals surface area contributed by atoms with Crippen molar-refractivity contribution in [2.45, 2.75) is 51.6 Å². The molecule has 41 heavy (non-hydrogen) atoms. The van der Waals surface area contributed by atoms with E-state index < -0.39 is 28.5 Å². The number of sulfonamides is 1. The molecule has 3 aromatic rings. The van der Waals surface area contributed by atoms with Crippen LogP contribution in [0.4, 0.5) is 5.69 Å². The van der Waals surface area contributed by atoms with E-state index in [1.807, 2.05) is 32.9 Å². The van der Waals surface area contributed by atoms with E-state index in [1.165, 1.54) is 17.0 Å². The van der Waals surface area contributed by atoms with Gasteiger partial charge in [0.1, 0.15) is 18.3 Å². The van der Waals surface area contributed by atoms with Crippen LogP contribution in [0.2, 0.25) is 5.02 Å². The Kier molecular flexibility index (Phi) is 11.2. The minimum Gasteiger partial charge on any atom is -0.497 e. The van der Waals surface area contributed by atoms with E-state index in [4.69, 9.17) is 16.3 Å². The van der Waals surface area contributed by atoms with Crippen LogP contribution >= 0.6 is 11.6 Å². The zero-order valence-corrected chi connectivity index (χ0v) is 25.7. The Hall–Kier alpha value is -3.56. The summed E-state index contributed by atoms with van der Waals surface area (Å²) in [4.78, 5) is 29.0. The fraction of sp³-hybridized carbons (Fsp3) is 0.355. The van der Waals surface area contributed by atoms with Crippen LogP contribution in [-0.2, 0) is 26.2 Å². The van der Waals surface area contributed by atoms with Gasteiger partial charge >= 0.3 is 0 Å². The van der Waals surface area contributed by atoms with Crippen LogP contribution in [0, 0.1) is 12.8 Å². The average molecular weight is 600 g/mol. The lowest BCUT2D eigenvalue weighted by molar-refractivity contribution is -0.140. The molecular formula is C31H38ClN3O5S. The summed E-state index contributed by atoms with van der Waals surface area (Å²) >= 11 is 6.38. The number of carbonyl (C=O) groups is 2. The maximum absolute atomic E-state index is 14.2. The standard InChI is InChI=1S/C31H38ClN3O5S/c1-6-28(31(37)33-19-22(2)3)34(20-24-15-17-25(40-5)18-16-24)30(36)21-35(29-14-10-13-27(32)23(29)4)41(38,39)26-11-8-7-9-12-26/h7-18,22,28H,6,19-21H2,1-5H3,(H,33,37)/t28-/m0/s1. The highest BCUT2D eigenvalue weighted by molar-refractivity contribution is 7.92. The molecule has 3 aromatic carbocycles. The second kappa shape index (κ2) is 14.4. The van der Waals surface area contributed by atoms with Gasteiger partial charge in [-0.3, -0.25) is 13.9 Å². The molecule has 0 aliphatic carbocycles. The molecule has 0 radical (unpaired) electrons. The number of nitrogens with one attached hydrogen (secondary N) is 1. The molecule has 10 heteroatoms. The van der Waals surface area contributed by atoms with E-state index in [9.17, 15) is 18.0 Å². The summed E-state index contributed by atoms with van der Waals surface area (Å²) < 4.78 is 34.2. The van der Waals surface area contributed by atoms with Crippen LogP contribution < -0.4 is 14.4 Å². The molecule has 0 aromatic heterocycles. The zero-order valence-electron chi connectivity index (χ0n) is 24.1. The van der Waals surface area contributed by atoms with Crippen molar-refractivity contribution in [2.75, 3.05) is 24.5 Å². The Bertz CT molecular complexity index is 1430. The summed E-state index contributed by atoms with van der Waals surface area (Å²) in [6.45, 7) is 7.54. The fourth-order valence-corrected chi connectivity index (χ4v) is 6.03. The van der Waals surface area contributed by atoms with Crippen LogP contribution in [0.1, 0.15) is 38.3 Å². The van der Waals surface area contributed by atoms with E-state index >= 15 is 0 Å². The molecule has 220 valence electrons. The minimum atomic E-state index is -4.17. The SMILES string of the molecule is CC[C@@H](C(=O)NCC(C)C)N(Cc1ccc(OC)cc1)C(=O)CN(c1cccc(Cl)c1C)S(=O)(=O)c1ccccc1. The number of halogens is 1. The first kappa shape index (κ1) is 32.0. The van der Waals surface area contributed by atoms with Gasteiger partial charge in [0.2, 0.25) is 11.8 Å². The smallest absolute Gasteiger partial charge is 0.264 e. The topological polar surface area (TPSA) is 96.0 Å². The Labute approximate surface area is 248 Å². The summed E-state index contributed by atoms with van der Waals surface area (Å²) in [7, 11) is -2.60. The van der Waals surface area contributed by atoms with Gasteiger partial charge in [-0.05, 0) is 66.8 Å². The molecule has 1 atom stereocenters. The number of carbonyl (C=O) groups excluding carboxylic acids is 2. The van der Waals surface area contributed by atoms with Crippen LogP contribution in [0.15, 0.2) is 77.7 Å². The fourth-order valence-electron chi connectivity index (χ4n) is 4.37. The molecule has 0 unspecified atom stereocenters. The van der Waals surface area contributed by atoms with Crippen LogP contribution in [-0.4, -0.2) is 51.4 Å². The average Bonchev–Trinajstić information content (AvgIpc) is 2.97. The first-order valence-corrected chi connectivity index (χ1v) is 15.3. The summed E-state index contributed by atoms with van der Waals surface area (Å²) in [5, 5.41) is 3.30. The second-order valence-corrected chi connectivity index (χ2v) is 12.4. The first-order valence-electron chi connectivity index (χ1n) is 13.5. The van der Waals surface area contributed by atoms with Gasteiger partial charge in [0, 0.05) is 18.1 Å². The predicted octanol–water partition coefficient (Wildman–Crippen LogP) is 5.43. The molecule has 3 rings (SSSR count). The van der Waals surface area contributed by atoms with Gasteiger partial charge < -0.3 is 15.0 Å². The number of nitrogens with zero attached hydrogens (tertiary/aromatic N) is 2. The van der Waals surface area contributed by atoms with Gasteiger partial charge in [0.15, 0.2) is 0 Å². The molecule has 0 fully saturated rings. The third-order valence-electron chi connectivity index (χ3n) is 6.70. The monoisotopic (exact) mass is 599 g/mol. The lowest BCUT2D eigenvalue weighted by atomic mass is 10.1. The van der Waals surface area contributed by atoms with E-state index in [2.05, 4.69) is 5.32 Å². The Morgan fingerprint density at radius 3 is 2.22 bits per heavy atom. The number of ether oxygens (including phenoxy) is 1. The van der Waals surface area contributed by atoms with Gasteiger partial charge in [-0.2, -0.15) is 0 Å². The van der Waals surface area contributed by atoms with Gasteiger partial charge in [-0.1, -0.05) is 68.8 Å². The van der Waals surface area contributed by atoms with Crippen molar-refractivity contribution in [3.8, 4) is 5.75 Å². The van der Waals surface area contributed by atoms with Crippen molar-refractivity contribution in [2.24, 2.45) is 5.92 Å². The molecule has 0 spiro atoms. The lowest BCUT2D eigenvalue weighted by Gasteiger charge is -2.33.